The average molecular weight is 463 g/mol. The number of nitrogens with one attached hydrogen (secondary N) is 1. The number of urea groups is 1. The fourth-order valence-electron chi connectivity index (χ4n) is 5.68. The number of anilines is 1. The Balaban J connectivity index is 1.56. The second-order valence-electron chi connectivity index (χ2n) is 9.23. The van der Waals surface area contributed by atoms with E-state index in [0.29, 0.717) is 24.9 Å². The van der Waals surface area contributed by atoms with E-state index in [2.05, 4.69) is 10.2 Å². The van der Waals surface area contributed by atoms with Crippen molar-refractivity contribution in [3.63, 3.8) is 0 Å². The zero-order valence-corrected chi connectivity index (χ0v) is 18.7. The lowest BCUT2D eigenvalue weighted by Crippen LogP contribution is -2.72. The summed E-state index contributed by atoms with van der Waals surface area (Å²) in [5.41, 5.74) is 0.819. The minimum atomic E-state index is -1.50. The van der Waals surface area contributed by atoms with Crippen molar-refractivity contribution >= 4 is 29.2 Å². The van der Waals surface area contributed by atoms with Crippen molar-refractivity contribution in [2.24, 2.45) is 5.41 Å². The third kappa shape index (κ3) is 3.52. The third-order valence-corrected chi connectivity index (χ3v) is 7.34. The number of barbiturate groups is 1. The van der Waals surface area contributed by atoms with E-state index in [1.54, 1.807) is 6.07 Å². The van der Waals surface area contributed by atoms with E-state index in [1.165, 1.54) is 12.1 Å². The highest BCUT2D eigenvalue weighted by Gasteiger charge is 2.61. The molecule has 4 amide bonds. The van der Waals surface area contributed by atoms with Crippen molar-refractivity contribution in [2.75, 3.05) is 18.0 Å². The summed E-state index contributed by atoms with van der Waals surface area (Å²) >= 11 is 0. The molecule has 0 aromatic heterocycles. The van der Waals surface area contributed by atoms with Crippen LogP contribution in [0, 0.1) is 15.5 Å². The zero-order valence-electron chi connectivity index (χ0n) is 18.7. The highest BCUT2D eigenvalue weighted by atomic mass is 16.6. The number of carbonyl (C=O) groups excluding carboxylic acids is 3. The number of carbonyl (C=O) groups is 3. The van der Waals surface area contributed by atoms with Crippen LogP contribution in [0.2, 0.25) is 0 Å². The molecule has 2 aromatic carbocycles. The maximum Gasteiger partial charge on any atom is 0.330 e. The second-order valence-corrected chi connectivity index (χ2v) is 9.23. The van der Waals surface area contributed by atoms with Gasteiger partial charge in [-0.05, 0) is 36.5 Å². The summed E-state index contributed by atoms with van der Waals surface area (Å²) in [6, 6.07) is 13.1. The Labute approximate surface area is 196 Å². The summed E-state index contributed by atoms with van der Waals surface area (Å²) in [4.78, 5) is 54.4. The SMILES string of the molecule is O=C1NC(=O)[C@]2(Cc3cc([N+](=O)[O-])ccc3N3CCCCC[C@@H]32)C(=O)N1CCc1ccccc1. The Kier molecular flexibility index (Phi) is 5.55. The number of rotatable bonds is 4. The fourth-order valence-corrected chi connectivity index (χ4v) is 5.68. The van der Waals surface area contributed by atoms with E-state index >= 15 is 0 Å². The number of amides is 4. The monoisotopic (exact) mass is 462 g/mol. The smallest absolute Gasteiger partial charge is 0.330 e. The van der Waals surface area contributed by atoms with E-state index in [-0.39, 0.29) is 18.7 Å². The van der Waals surface area contributed by atoms with Crippen molar-refractivity contribution in [1.29, 1.82) is 0 Å². The molecule has 2 fully saturated rings. The van der Waals surface area contributed by atoms with Crippen LogP contribution >= 0.6 is 0 Å². The van der Waals surface area contributed by atoms with E-state index in [1.807, 2.05) is 30.3 Å². The summed E-state index contributed by atoms with van der Waals surface area (Å²) in [5, 5.41) is 13.9. The molecule has 2 atom stereocenters. The van der Waals surface area contributed by atoms with Gasteiger partial charge in [-0.15, -0.1) is 0 Å². The van der Waals surface area contributed by atoms with E-state index < -0.39 is 34.2 Å². The Morgan fingerprint density at radius 1 is 1.06 bits per heavy atom. The van der Waals surface area contributed by atoms with Gasteiger partial charge in [-0.25, -0.2) is 4.79 Å². The summed E-state index contributed by atoms with van der Waals surface area (Å²) in [5.74, 6) is -1.11. The molecule has 3 heterocycles. The summed E-state index contributed by atoms with van der Waals surface area (Å²) in [7, 11) is 0. The molecule has 9 nitrogen and oxygen atoms in total. The molecule has 0 bridgehead atoms. The highest BCUT2D eigenvalue weighted by molar-refractivity contribution is 6.20. The fraction of sp³-hybridized carbons (Fsp3) is 0.400. The molecule has 0 radical (unpaired) electrons. The van der Waals surface area contributed by atoms with Gasteiger partial charge in [0.05, 0.1) is 11.0 Å². The van der Waals surface area contributed by atoms with Gasteiger partial charge in [-0.1, -0.05) is 43.2 Å². The molecular weight excluding hydrogens is 436 g/mol. The van der Waals surface area contributed by atoms with Gasteiger partial charge in [0.25, 0.3) is 5.69 Å². The van der Waals surface area contributed by atoms with Gasteiger partial charge < -0.3 is 4.90 Å². The molecule has 3 aliphatic rings. The Hall–Kier alpha value is -3.75. The zero-order chi connectivity index (χ0) is 23.9. The molecule has 5 rings (SSSR count). The molecule has 3 aliphatic heterocycles. The minimum Gasteiger partial charge on any atom is -0.367 e. The molecule has 0 aliphatic carbocycles. The first-order valence-corrected chi connectivity index (χ1v) is 11.7. The molecule has 9 heteroatoms. The van der Waals surface area contributed by atoms with Gasteiger partial charge in [0.2, 0.25) is 11.8 Å². The number of nitro benzene ring substituents is 1. The van der Waals surface area contributed by atoms with E-state index in [4.69, 9.17) is 0 Å². The molecule has 2 aromatic rings. The molecule has 0 unspecified atom stereocenters. The third-order valence-electron chi connectivity index (χ3n) is 7.34. The molecule has 34 heavy (non-hydrogen) atoms. The predicted octanol–water partition coefficient (Wildman–Crippen LogP) is 3.21. The number of benzene rings is 2. The lowest BCUT2D eigenvalue weighted by atomic mass is 9.67. The lowest BCUT2D eigenvalue weighted by molar-refractivity contribution is -0.384. The van der Waals surface area contributed by atoms with Gasteiger partial charge in [0.15, 0.2) is 5.41 Å². The Morgan fingerprint density at radius 2 is 1.85 bits per heavy atom. The summed E-state index contributed by atoms with van der Waals surface area (Å²) in [6.45, 7) is 0.800. The van der Waals surface area contributed by atoms with Crippen LogP contribution in [0.5, 0.6) is 0 Å². The second kappa shape index (κ2) is 8.55. The van der Waals surface area contributed by atoms with Crippen molar-refractivity contribution in [2.45, 2.75) is 44.6 Å². The molecule has 2 saturated heterocycles. The van der Waals surface area contributed by atoms with Gasteiger partial charge in [-0.2, -0.15) is 0 Å². The number of hydrogen-bond acceptors (Lipinski definition) is 6. The van der Waals surface area contributed by atoms with Crippen LogP contribution in [-0.4, -0.2) is 46.8 Å². The maximum absolute atomic E-state index is 14.0. The predicted molar refractivity (Wildman–Crippen MR) is 124 cm³/mol. The van der Waals surface area contributed by atoms with Gasteiger partial charge in [-0.3, -0.25) is 29.9 Å². The van der Waals surface area contributed by atoms with Crippen molar-refractivity contribution in [3.8, 4) is 0 Å². The van der Waals surface area contributed by atoms with Crippen LogP contribution in [-0.2, 0) is 22.4 Å². The average Bonchev–Trinajstić information content (AvgIpc) is 3.09. The highest BCUT2D eigenvalue weighted by Crippen LogP contribution is 2.47. The Morgan fingerprint density at radius 3 is 2.62 bits per heavy atom. The van der Waals surface area contributed by atoms with Crippen LogP contribution < -0.4 is 10.2 Å². The van der Waals surface area contributed by atoms with Crippen LogP contribution in [0.3, 0.4) is 0 Å². The minimum absolute atomic E-state index is 0.0327. The lowest BCUT2D eigenvalue weighted by Gasteiger charge is -2.51. The van der Waals surface area contributed by atoms with Crippen LogP contribution in [0.25, 0.3) is 0 Å². The van der Waals surface area contributed by atoms with Crippen LogP contribution in [0.1, 0.15) is 36.8 Å². The van der Waals surface area contributed by atoms with Gasteiger partial charge in [0, 0.05) is 37.3 Å². The molecular formula is C25H26N4O5. The first-order chi connectivity index (χ1) is 16.4. The van der Waals surface area contributed by atoms with Crippen LogP contribution in [0.4, 0.5) is 16.2 Å². The number of imide groups is 2. The van der Waals surface area contributed by atoms with Gasteiger partial charge in [0.1, 0.15) is 0 Å². The van der Waals surface area contributed by atoms with Crippen LogP contribution in [0.15, 0.2) is 48.5 Å². The quantitative estimate of drug-likeness (QED) is 0.424. The number of nitrogens with zero attached hydrogens (tertiary/aromatic N) is 3. The van der Waals surface area contributed by atoms with Crippen molar-refractivity contribution < 1.29 is 19.3 Å². The van der Waals surface area contributed by atoms with E-state index in [9.17, 15) is 24.5 Å². The first kappa shape index (κ1) is 22.1. The largest absolute Gasteiger partial charge is 0.367 e. The number of non-ortho nitro benzene ring substituents is 1. The van der Waals surface area contributed by atoms with Gasteiger partial charge >= 0.3 is 6.03 Å². The molecule has 0 saturated carbocycles. The van der Waals surface area contributed by atoms with Crippen molar-refractivity contribution in [1.82, 2.24) is 10.2 Å². The molecule has 176 valence electrons. The normalized spacial score (nSPS) is 24.4. The molecule has 1 N–H and O–H groups in total. The van der Waals surface area contributed by atoms with Crippen molar-refractivity contribution in [3.05, 3.63) is 69.8 Å². The number of fused-ring (bicyclic) bond motifs is 4. The standard InChI is InChI=1S/C25H26N4O5/c30-22-25(23(31)28(24(32)26-22)14-12-17-7-3-1-4-8-17)16-18-15-19(29(33)34)10-11-20(18)27-13-6-2-5-9-21(25)27/h1,3-4,7-8,10-11,15,21H,2,5-6,9,12-14,16H2,(H,26,30,32)/t21-,25-/m1/s1. The molecule has 1 spiro atoms. The summed E-state index contributed by atoms with van der Waals surface area (Å²) in [6.07, 6.45) is 3.87. The van der Waals surface area contributed by atoms with E-state index in [0.717, 1.165) is 35.4 Å². The number of nitro groups is 1. The topological polar surface area (TPSA) is 113 Å². The summed E-state index contributed by atoms with van der Waals surface area (Å²) < 4.78 is 0. The first-order valence-electron chi connectivity index (χ1n) is 11.7. The Bertz CT molecular complexity index is 1170. The number of hydrogen-bond donors (Lipinski definition) is 1. The maximum atomic E-state index is 14.0.